The molecule has 244 valence electrons. The molecular formula is C38H37ClF2N2O4. The van der Waals surface area contributed by atoms with E-state index in [9.17, 15) is 5.26 Å². The van der Waals surface area contributed by atoms with E-state index in [4.69, 9.17) is 30.5 Å². The first kappa shape index (κ1) is 32.9. The van der Waals surface area contributed by atoms with Gasteiger partial charge in [0.15, 0.2) is 23.5 Å². The molecule has 0 aromatic heterocycles. The topological polar surface area (TPSA) is 72.7 Å². The van der Waals surface area contributed by atoms with Crippen LogP contribution in [0, 0.1) is 23.0 Å². The number of nitrogens with zero attached hydrogens (tertiary/aromatic N) is 1. The molecule has 1 saturated heterocycles. The molecule has 1 fully saturated rings. The number of fused-ring (bicyclic) bond motifs is 1. The lowest BCUT2D eigenvalue weighted by Gasteiger charge is -2.34. The Morgan fingerprint density at radius 3 is 2.49 bits per heavy atom. The van der Waals surface area contributed by atoms with Crippen molar-refractivity contribution in [3.8, 4) is 28.7 Å². The first-order valence-electron chi connectivity index (χ1n) is 16.0. The molecule has 0 saturated carbocycles. The van der Waals surface area contributed by atoms with Crippen LogP contribution in [0.15, 0.2) is 78.9 Å². The first-order valence-corrected chi connectivity index (χ1v) is 16.3. The van der Waals surface area contributed by atoms with Crippen LogP contribution < -0.4 is 14.8 Å². The Balaban J connectivity index is 1.37. The number of rotatable bonds is 11. The second-order valence-corrected chi connectivity index (χ2v) is 12.5. The zero-order valence-corrected chi connectivity index (χ0v) is 27.2. The van der Waals surface area contributed by atoms with Crippen LogP contribution in [0.25, 0.3) is 11.1 Å². The fraction of sp³-hybridized carbons (Fsp3) is 0.342. The van der Waals surface area contributed by atoms with Gasteiger partial charge in [-0.2, -0.15) is 5.26 Å². The van der Waals surface area contributed by atoms with Gasteiger partial charge in [0.05, 0.1) is 22.8 Å². The minimum atomic E-state index is -0.990. The van der Waals surface area contributed by atoms with E-state index in [0.717, 1.165) is 30.4 Å². The van der Waals surface area contributed by atoms with Gasteiger partial charge in [-0.3, -0.25) is 0 Å². The van der Waals surface area contributed by atoms with Crippen molar-refractivity contribution < 1.29 is 27.7 Å². The number of hydrogen-bond donors (Lipinski definition) is 1. The molecule has 2 unspecified atom stereocenters. The van der Waals surface area contributed by atoms with Gasteiger partial charge in [0, 0.05) is 48.4 Å². The molecule has 2 aliphatic heterocycles. The Morgan fingerprint density at radius 2 is 1.79 bits per heavy atom. The summed E-state index contributed by atoms with van der Waals surface area (Å²) in [6, 6.07) is 25.8. The van der Waals surface area contributed by atoms with Crippen molar-refractivity contribution in [3.63, 3.8) is 0 Å². The molecule has 2 aliphatic rings. The summed E-state index contributed by atoms with van der Waals surface area (Å²) in [5.41, 5.74) is 1.42. The predicted octanol–water partition coefficient (Wildman–Crippen LogP) is 8.65. The summed E-state index contributed by atoms with van der Waals surface area (Å²) in [5.74, 6) is -1.89. The van der Waals surface area contributed by atoms with Crippen LogP contribution in [0.2, 0.25) is 5.02 Å². The zero-order valence-electron chi connectivity index (χ0n) is 26.4. The summed E-state index contributed by atoms with van der Waals surface area (Å²) in [4.78, 5) is 0. The molecule has 4 aromatic rings. The molecule has 4 atom stereocenters. The zero-order chi connectivity index (χ0) is 33.0. The second-order valence-electron chi connectivity index (χ2n) is 12.1. The smallest absolute Gasteiger partial charge is 0.174 e. The van der Waals surface area contributed by atoms with Crippen molar-refractivity contribution in [1.82, 2.24) is 5.32 Å². The third-order valence-corrected chi connectivity index (χ3v) is 9.31. The van der Waals surface area contributed by atoms with Gasteiger partial charge in [0.1, 0.15) is 18.2 Å². The van der Waals surface area contributed by atoms with Crippen LogP contribution in [-0.4, -0.2) is 32.2 Å². The lowest BCUT2D eigenvalue weighted by Crippen LogP contribution is -2.44. The third kappa shape index (κ3) is 6.72. The highest BCUT2D eigenvalue weighted by molar-refractivity contribution is 6.34. The average molecular weight is 659 g/mol. The van der Waals surface area contributed by atoms with E-state index in [0.29, 0.717) is 25.3 Å². The molecule has 1 N–H and O–H groups in total. The molecule has 0 amide bonds. The maximum atomic E-state index is 16.6. The summed E-state index contributed by atoms with van der Waals surface area (Å²) in [6.07, 6.45) is 2.08. The third-order valence-electron chi connectivity index (χ3n) is 8.94. The van der Waals surface area contributed by atoms with E-state index in [1.807, 2.05) is 74.5 Å². The van der Waals surface area contributed by atoms with Crippen LogP contribution >= 0.6 is 11.6 Å². The van der Waals surface area contributed by atoms with Gasteiger partial charge in [-0.05, 0) is 49.4 Å². The molecular weight excluding hydrogens is 622 g/mol. The van der Waals surface area contributed by atoms with Gasteiger partial charge in [-0.15, -0.1) is 0 Å². The molecule has 4 aromatic carbocycles. The number of nitrogens with one attached hydrogen (secondary N) is 1. The Morgan fingerprint density at radius 1 is 1.04 bits per heavy atom. The molecule has 47 heavy (non-hydrogen) atoms. The highest BCUT2D eigenvalue weighted by Crippen LogP contribution is 2.56. The molecule has 0 bridgehead atoms. The van der Waals surface area contributed by atoms with Crippen molar-refractivity contribution >= 4 is 11.6 Å². The van der Waals surface area contributed by atoms with Gasteiger partial charge < -0.3 is 24.3 Å². The van der Waals surface area contributed by atoms with Crippen molar-refractivity contribution in [2.75, 3.05) is 19.8 Å². The summed E-state index contributed by atoms with van der Waals surface area (Å²) in [5, 5.41) is 13.3. The quantitative estimate of drug-likeness (QED) is 0.174. The molecule has 6 nitrogen and oxygen atoms in total. The minimum absolute atomic E-state index is 0.00364. The fourth-order valence-corrected chi connectivity index (χ4v) is 6.78. The van der Waals surface area contributed by atoms with Crippen LogP contribution in [0.1, 0.15) is 61.3 Å². The predicted molar refractivity (Wildman–Crippen MR) is 176 cm³/mol. The molecule has 0 spiro atoms. The summed E-state index contributed by atoms with van der Waals surface area (Å²) >= 11 is 6.69. The highest BCUT2D eigenvalue weighted by Gasteiger charge is 2.49. The number of nitriles is 1. The van der Waals surface area contributed by atoms with Gasteiger partial charge in [-0.25, -0.2) is 8.78 Å². The molecule has 6 rings (SSSR count). The van der Waals surface area contributed by atoms with E-state index < -0.39 is 23.2 Å². The number of benzene rings is 4. The minimum Gasteiger partial charge on any atom is -0.488 e. The van der Waals surface area contributed by atoms with E-state index in [1.54, 1.807) is 0 Å². The maximum Gasteiger partial charge on any atom is 0.174 e. The number of ether oxygens (including phenoxy) is 4. The Labute approximate surface area is 279 Å². The summed E-state index contributed by atoms with van der Waals surface area (Å²) < 4.78 is 56.3. The normalized spacial score (nSPS) is 21.0. The van der Waals surface area contributed by atoms with Gasteiger partial charge in [0.25, 0.3) is 0 Å². The average Bonchev–Trinajstić information content (AvgIpc) is 3.37. The standard InChI is InChI=1S/C38H37ClF2N2O4/c1-24(46-32-15-9-10-18-44-32)22-45-30-17-16-27(20-42)34(37(30)41)35-33-25(2)38(28-13-7-4-8-14-28,47-31(33)19-29(40)36(35)39)23-43-21-26-11-5-3-6-12-26/h3-8,11-14,16-17,19,24-25,32,43H,9-10,15,18,21-23H2,1-2H3/t24-,25?,32-,38?/m0/s1. The van der Waals surface area contributed by atoms with Gasteiger partial charge >= 0.3 is 0 Å². The van der Waals surface area contributed by atoms with E-state index in [-0.39, 0.29) is 52.2 Å². The fourth-order valence-electron chi connectivity index (χ4n) is 6.53. The van der Waals surface area contributed by atoms with E-state index >= 15 is 8.78 Å². The van der Waals surface area contributed by atoms with Crippen LogP contribution in [0.3, 0.4) is 0 Å². The van der Waals surface area contributed by atoms with Crippen molar-refractivity contribution in [3.05, 3.63) is 118 Å². The first-order chi connectivity index (χ1) is 22.8. The summed E-state index contributed by atoms with van der Waals surface area (Å²) in [7, 11) is 0. The molecule has 2 heterocycles. The van der Waals surface area contributed by atoms with Crippen molar-refractivity contribution in [2.45, 2.75) is 63.6 Å². The highest BCUT2D eigenvalue weighted by atomic mass is 35.5. The van der Waals surface area contributed by atoms with Crippen LogP contribution in [-0.2, 0) is 21.6 Å². The lowest BCUT2D eigenvalue weighted by atomic mass is 9.77. The molecule has 9 heteroatoms. The maximum absolute atomic E-state index is 16.6. The Hall–Kier alpha value is -4.00. The lowest BCUT2D eigenvalue weighted by molar-refractivity contribution is -0.189. The van der Waals surface area contributed by atoms with Gasteiger partial charge in [0.2, 0.25) is 0 Å². The van der Waals surface area contributed by atoms with Crippen molar-refractivity contribution in [2.24, 2.45) is 0 Å². The molecule has 0 aliphatic carbocycles. The SMILES string of the molecule is CC1c2c(cc(F)c(Cl)c2-c2c(C#N)ccc(OC[C@H](C)O[C@H]3CCCCO3)c2F)OC1(CNCc1ccccc1)c1ccccc1. The molecule has 0 radical (unpaired) electrons. The van der Waals surface area contributed by atoms with E-state index in [1.165, 1.54) is 18.2 Å². The van der Waals surface area contributed by atoms with Gasteiger partial charge in [-0.1, -0.05) is 79.2 Å². The summed E-state index contributed by atoms with van der Waals surface area (Å²) in [6.45, 7) is 5.40. The van der Waals surface area contributed by atoms with Crippen molar-refractivity contribution in [1.29, 1.82) is 5.26 Å². The van der Waals surface area contributed by atoms with E-state index in [2.05, 4.69) is 11.4 Å². The monoisotopic (exact) mass is 658 g/mol. The van der Waals surface area contributed by atoms with Crippen LogP contribution in [0.4, 0.5) is 8.78 Å². The Kier molecular flexibility index (Phi) is 10.1. The second kappa shape index (κ2) is 14.4. The Bertz CT molecular complexity index is 1740. The largest absolute Gasteiger partial charge is 0.488 e. The number of hydrogen-bond acceptors (Lipinski definition) is 6. The number of halogens is 3. The van der Waals surface area contributed by atoms with Crippen LogP contribution in [0.5, 0.6) is 11.5 Å².